The number of ether oxygens (including phenoxy) is 2. The molecular formula is C31H33N5O4. The highest BCUT2D eigenvalue weighted by atomic mass is 16.6. The summed E-state index contributed by atoms with van der Waals surface area (Å²) in [6.45, 7) is 7.85. The molecule has 0 spiro atoms. The largest absolute Gasteiger partial charge is 0.468 e. The summed E-state index contributed by atoms with van der Waals surface area (Å²) in [6, 6.07) is 20.2. The fourth-order valence-electron chi connectivity index (χ4n) is 5.50. The Morgan fingerprint density at radius 3 is 2.48 bits per heavy atom. The van der Waals surface area contributed by atoms with Gasteiger partial charge in [-0.25, -0.2) is 9.78 Å². The summed E-state index contributed by atoms with van der Waals surface area (Å²) in [6.07, 6.45) is 0.613. The van der Waals surface area contributed by atoms with E-state index in [1.807, 2.05) is 67.8 Å². The number of carbonyl (C=O) groups is 1. The minimum absolute atomic E-state index is 0.303. The maximum absolute atomic E-state index is 12.6. The second kappa shape index (κ2) is 9.75. The van der Waals surface area contributed by atoms with Crippen molar-refractivity contribution < 1.29 is 19.4 Å². The molecule has 3 heterocycles. The number of aliphatic hydroxyl groups is 1. The second-order valence-corrected chi connectivity index (χ2v) is 11.4. The first kappa shape index (κ1) is 26.0. The van der Waals surface area contributed by atoms with E-state index in [-0.39, 0.29) is 0 Å². The van der Waals surface area contributed by atoms with Crippen LogP contribution in [-0.2, 0) is 23.3 Å². The van der Waals surface area contributed by atoms with Gasteiger partial charge in [0.15, 0.2) is 12.4 Å². The van der Waals surface area contributed by atoms with Crippen molar-refractivity contribution in [1.82, 2.24) is 25.1 Å². The van der Waals surface area contributed by atoms with Gasteiger partial charge in [-0.1, -0.05) is 61.5 Å². The molecule has 1 saturated carbocycles. The van der Waals surface area contributed by atoms with Gasteiger partial charge < -0.3 is 19.9 Å². The van der Waals surface area contributed by atoms with Gasteiger partial charge >= 0.3 is 6.09 Å². The summed E-state index contributed by atoms with van der Waals surface area (Å²) in [7, 11) is 0. The van der Waals surface area contributed by atoms with Crippen LogP contribution in [0.3, 0.4) is 0 Å². The van der Waals surface area contributed by atoms with Crippen LogP contribution in [0, 0.1) is 0 Å². The first-order valence-electron chi connectivity index (χ1n) is 13.6. The fourth-order valence-corrected chi connectivity index (χ4v) is 5.50. The van der Waals surface area contributed by atoms with E-state index >= 15 is 0 Å². The van der Waals surface area contributed by atoms with Gasteiger partial charge in [0.05, 0.1) is 17.3 Å². The molecule has 1 aliphatic heterocycles. The average molecular weight is 540 g/mol. The fraction of sp³-hybridized carbons (Fsp3) is 0.355. The molecule has 0 unspecified atom stereocenters. The number of nitrogens with one attached hydrogen (secondary N) is 1. The molecule has 6 rings (SSSR count). The molecule has 40 heavy (non-hydrogen) atoms. The smallest absolute Gasteiger partial charge is 0.408 e. The van der Waals surface area contributed by atoms with E-state index in [4.69, 9.17) is 14.5 Å². The van der Waals surface area contributed by atoms with Crippen LogP contribution in [0.15, 0.2) is 60.7 Å². The van der Waals surface area contributed by atoms with Crippen molar-refractivity contribution in [3.63, 3.8) is 0 Å². The topological polar surface area (TPSA) is 111 Å². The van der Waals surface area contributed by atoms with Crippen LogP contribution in [0.1, 0.15) is 57.7 Å². The van der Waals surface area contributed by atoms with Crippen LogP contribution in [0.25, 0.3) is 28.1 Å². The predicted octanol–water partition coefficient (Wildman–Crippen LogP) is 5.33. The Morgan fingerprint density at radius 2 is 1.82 bits per heavy atom. The molecule has 4 aromatic rings. The standard InChI is InChI=1S/C31H33N5O4/c1-5-25-34-35-26-18-39-28-24(36(25)26)15-23(19-9-7-6-8-10-19)27(32-28)20-11-13-21(14-12-20)31(16-22(37)17-31)33-29(38)40-30(2,3)4/h6-15,22,37H,5,16-18H2,1-4H3,(H,33,38). The average Bonchev–Trinajstić information content (AvgIpc) is 3.35. The lowest BCUT2D eigenvalue weighted by Gasteiger charge is -2.46. The number of nitrogens with zero attached hydrogens (tertiary/aromatic N) is 4. The number of aliphatic hydroxyl groups excluding tert-OH is 1. The number of hydrogen-bond donors (Lipinski definition) is 2. The minimum atomic E-state index is -0.684. The monoisotopic (exact) mass is 539 g/mol. The van der Waals surface area contributed by atoms with Gasteiger partial charge in [-0.15, -0.1) is 10.2 Å². The predicted molar refractivity (Wildman–Crippen MR) is 150 cm³/mol. The molecule has 2 aromatic heterocycles. The molecule has 1 amide bonds. The number of alkyl carbamates (subject to hydrolysis) is 1. The zero-order valence-corrected chi connectivity index (χ0v) is 23.1. The van der Waals surface area contributed by atoms with Gasteiger partial charge in [-0.2, -0.15) is 0 Å². The first-order valence-corrected chi connectivity index (χ1v) is 13.6. The summed E-state index contributed by atoms with van der Waals surface area (Å²) >= 11 is 0. The molecule has 2 aliphatic rings. The van der Waals surface area contributed by atoms with E-state index in [1.54, 1.807) is 0 Å². The number of fused-ring (bicyclic) bond motifs is 3. The molecule has 0 bridgehead atoms. The number of benzene rings is 2. The van der Waals surface area contributed by atoms with Crippen molar-refractivity contribution in [3.05, 3.63) is 77.9 Å². The lowest BCUT2D eigenvalue weighted by atomic mass is 9.69. The summed E-state index contributed by atoms with van der Waals surface area (Å²) in [4.78, 5) is 17.6. The van der Waals surface area contributed by atoms with Crippen LogP contribution in [0.4, 0.5) is 4.79 Å². The van der Waals surface area contributed by atoms with Crippen LogP contribution in [-0.4, -0.2) is 42.7 Å². The second-order valence-electron chi connectivity index (χ2n) is 11.4. The van der Waals surface area contributed by atoms with Gasteiger partial charge in [0.2, 0.25) is 5.88 Å². The SMILES string of the molecule is CCc1nnc2n1-c1cc(-c3ccccc3)c(-c3ccc(C4(NC(=O)OC(C)(C)C)CC(O)C4)cc3)nc1OC2. The molecule has 9 heteroatoms. The Bertz CT molecular complexity index is 1540. The Kier molecular flexibility index (Phi) is 6.34. The minimum Gasteiger partial charge on any atom is -0.468 e. The normalized spacial score (nSPS) is 19.6. The van der Waals surface area contributed by atoms with Crippen LogP contribution in [0.5, 0.6) is 5.88 Å². The number of hydrogen-bond acceptors (Lipinski definition) is 7. The van der Waals surface area contributed by atoms with Crippen LogP contribution in [0.2, 0.25) is 0 Å². The molecule has 0 radical (unpaired) electrons. The van der Waals surface area contributed by atoms with Gasteiger partial charge in [0.25, 0.3) is 0 Å². The summed E-state index contributed by atoms with van der Waals surface area (Å²) in [5, 5.41) is 21.8. The number of aromatic nitrogens is 4. The lowest BCUT2D eigenvalue weighted by Crippen LogP contribution is -2.57. The van der Waals surface area contributed by atoms with E-state index in [1.165, 1.54) is 0 Å². The lowest BCUT2D eigenvalue weighted by molar-refractivity contribution is -0.0124. The molecule has 0 atom stereocenters. The van der Waals surface area contributed by atoms with Crippen molar-refractivity contribution in [2.24, 2.45) is 0 Å². The third-order valence-electron chi connectivity index (χ3n) is 7.36. The van der Waals surface area contributed by atoms with Gasteiger partial charge in [-0.05, 0) is 38.0 Å². The van der Waals surface area contributed by atoms with Gasteiger partial charge in [0.1, 0.15) is 17.1 Å². The highest BCUT2D eigenvalue weighted by molar-refractivity contribution is 5.83. The molecule has 2 N–H and O–H groups in total. The zero-order chi connectivity index (χ0) is 28.1. The summed E-state index contributed by atoms with van der Waals surface area (Å²) in [5.41, 5.74) is 4.12. The Hall–Kier alpha value is -4.24. The Labute approximate surface area is 233 Å². The maximum Gasteiger partial charge on any atom is 0.408 e. The molecule has 2 aromatic carbocycles. The van der Waals surface area contributed by atoms with E-state index in [0.29, 0.717) is 25.3 Å². The molecule has 1 fully saturated rings. The van der Waals surface area contributed by atoms with Gasteiger partial charge in [0, 0.05) is 30.4 Å². The van der Waals surface area contributed by atoms with Crippen molar-refractivity contribution >= 4 is 6.09 Å². The van der Waals surface area contributed by atoms with Crippen molar-refractivity contribution in [2.75, 3.05) is 0 Å². The summed E-state index contributed by atoms with van der Waals surface area (Å²) < 4.78 is 13.6. The number of carbonyl (C=O) groups excluding carboxylic acids is 1. The van der Waals surface area contributed by atoms with Crippen molar-refractivity contribution in [1.29, 1.82) is 0 Å². The summed E-state index contributed by atoms with van der Waals surface area (Å²) in [5.74, 6) is 2.15. The van der Waals surface area contributed by atoms with E-state index in [0.717, 1.165) is 51.7 Å². The van der Waals surface area contributed by atoms with Gasteiger partial charge in [-0.3, -0.25) is 4.57 Å². The maximum atomic E-state index is 12.6. The number of pyridine rings is 1. The third-order valence-corrected chi connectivity index (χ3v) is 7.36. The Morgan fingerprint density at radius 1 is 1.10 bits per heavy atom. The quantitative estimate of drug-likeness (QED) is 0.353. The Balaban J connectivity index is 1.40. The first-order chi connectivity index (χ1) is 19.2. The highest BCUT2D eigenvalue weighted by Crippen LogP contribution is 2.43. The molecular weight excluding hydrogens is 506 g/mol. The van der Waals surface area contributed by atoms with E-state index < -0.39 is 23.3 Å². The molecule has 9 nitrogen and oxygen atoms in total. The zero-order valence-electron chi connectivity index (χ0n) is 23.1. The third kappa shape index (κ3) is 4.70. The molecule has 0 saturated heterocycles. The van der Waals surface area contributed by atoms with Crippen molar-refractivity contribution in [3.8, 4) is 34.0 Å². The number of amides is 1. The molecule has 206 valence electrons. The van der Waals surface area contributed by atoms with Crippen LogP contribution < -0.4 is 10.1 Å². The van der Waals surface area contributed by atoms with E-state index in [2.05, 4.69) is 40.6 Å². The number of aryl methyl sites for hydroxylation is 1. The van der Waals surface area contributed by atoms with E-state index in [9.17, 15) is 9.90 Å². The van der Waals surface area contributed by atoms with Crippen LogP contribution >= 0.6 is 0 Å². The molecule has 1 aliphatic carbocycles. The number of rotatable bonds is 5. The van der Waals surface area contributed by atoms with Crippen molar-refractivity contribution in [2.45, 2.75) is 70.8 Å². The highest BCUT2D eigenvalue weighted by Gasteiger charge is 2.47.